The Morgan fingerprint density at radius 1 is 1.47 bits per heavy atom. The molecule has 0 saturated carbocycles. The summed E-state index contributed by atoms with van der Waals surface area (Å²) in [4.78, 5) is 5.28. The van der Waals surface area contributed by atoms with Gasteiger partial charge in [-0.3, -0.25) is 0 Å². The van der Waals surface area contributed by atoms with Gasteiger partial charge in [-0.15, -0.1) is 0 Å². The van der Waals surface area contributed by atoms with Crippen LogP contribution in [0.2, 0.25) is 0 Å². The third-order valence-electron chi connectivity index (χ3n) is 3.24. The molecule has 2 atom stereocenters. The van der Waals surface area contributed by atoms with Crippen molar-refractivity contribution in [2.75, 3.05) is 25.2 Å². The molecule has 106 valence electrons. The maximum absolute atomic E-state index is 12.6. The molecule has 4 nitrogen and oxygen atoms in total. The van der Waals surface area contributed by atoms with Crippen molar-refractivity contribution in [2.24, 2.45) is 0 Å². The summed E-state index contributed by atoms with van der Waals surface area (Å²) in [6.45, 7) is 0.286. The first-order chi connectivity index (χ1) is 8.95. The molecule has 7 heteroatoms. The molecule has 0 aliphatic carbocycles. The van der Waals surface area contributed by atoms with Crippen molar-refractivity contribution in [3.63, 3.8) is 0 Å². The van der Waals surface area contributed by atoms with Gasteiger partial charge in [0, 0.05) is 13.7 Å². The van der Waals surface area contributed by atoms with Crippen LogP contribution in [-0.4, -0.2) is 42.5 Å². The standard InChI is InChI=1S/C12H15F3N2O2/c1-19-9-5-8(7-18)17(6-9)11-4-2-3-10(16-11)12(13,14)15/h2-4,8-9,18H,5-7H2,1H3/t8-,9+/m0/s1. The van der Waals surface area contributed by atoms with Crippen LogP contribution in [0.15, 0.2) is 18.2 Å². The molecule has 0 aromatic carbocycles. The van der Waals surface area contributed by atoms with Crippen molar-refractivity contribution < 1.29 is 23.0 Å². The first-order valence-corrected chi connectivity index (χ1v) is 5.90. The predicted molar refractivity (Wildman–Crippen MR) is 62.9 cm³/mol. The Morgan fingerprint density at radius 2 is 2.21 bits per heavy atom. The fourth-order valence-electron chi connectivity index (χ4n) is 2.24. The average molecular weight is 276 g/mol. The fourth-order valence-corrected chi connectivity index (χ4v) is 2.24. The number of hydrogen-bond acceptors (Lipinski definition) is 4. The Balaban J connectivity index is 2.26. The summed E-state index contributed by atoms with van der Waals surface area (Å²) in [6.07, 6.45) is -4.00. The number of aromatic nitrogens is 1. The number of nitrogens with zero attached hydrogens (tertiary/aromatic N) is 2. The highest BCUT2D eigenvalue weighted by atomic mass is 19.4. The smallest absolute Gasteiger partial charge is 0.394 e. The number of methoxy groups -OCH3 is 1. The summed E-state index contributed by atoms with van der Waals surface area (Å²) < 4.78 is 43.1. The van der Waals surface area contributed by atoms with Gasteiger partial charge in [-0.25, -0.2) is 4.98 Å². The van der Waals surface area contributed by atoms with Gasteiger partial charge in [-0.05, 0) is 18.6 Å². The van der Waals surface area contributed by atoms with E-state index in [2.05, 4.69) is 4.98 Å². The Hall–Kier alpha value is -1.34. The monoisotopic (exact) mass is 276 g/mol. The van der Waals surface area contributed by atoms with Gasteiger partial charge in [0.05, 0.1) is 18.8 Å². The molecule has 0 radical (unpaired) electrons. The van der Waals surface area contributed by atoms with Crippen molar-refractivity contribution in [1.29, 1.82) is 0 Å². The molecular weight excluding hydrogens is 261 g/mol. The number of pyridine rings is 1. The van der Waals surface area contributed by atoms with E-state index in [-0.39, 0.29) is 24.6 Å². The number of aliphatic hydroxyl groups is 1. The van der Waals surface area contributed by atoms with E-state index in [0.29, 0.717) is 13.0 Å². The molecule has 2 heterocycles. The number of anilines is 1. The van der Waals surface area contributed by atoms with Crippen LogP contribution >= 0.6 is 0 Å². The van der Waals surface area contributed by atoms with Gasteiger partial charge < -0.3 is 14.7 Å². The molecule has 2 rings (SSSR count). The van der Waals surface area contributed by atoms with Crippen LogP contribution in [-0.2, 0) is 10.9 Å². The molecule has 1 aliphatic rings. The first kappa shape index (κ1) is 14.1. The van der Waals surface area contributed by atoms with Gasteiger partial charge in [0.1, 0.15) is 11.5 Å². The predicted octanol–water partition coefficient (Wildman–Crippen LogP) is 1.69. The number of ether oxygens (including phenoxy) is 1. The molecule has 1 fully saturated rings. The summed E-state index contributed by atoms with van der Waals surface area (Å²) in [5.74, 6) is 0.216. The van der Waals surface area contributed by atoms with E-state index in [0.717, 1.165) is 6.07 Å². The van der Waals surface area contributed by atoms with Crippen LogP contribution in [0.3, 0.4) is 0 Å². The van der Waals surface area contributed by atoms with E-state index in [4.69, 9.17) is 4.74 Å². The SMILES string of the molecule is CO[C@@H]1C[C@@H](CO)N(c2cccc(C(F)(F)F)n2)C1. The third-order valence-corrected chi connectivity index (χ3v) is 3.24. The molecule has 1 aromatic rings. The van der Waals surface area contributed by atoms with Crippen LogP contribution in [0.5, 0.6) is 0 Å². The topological polar surface area (TPSA) is 45.6 Å². The van der Waals surface area contributed by atoms with Crippen LogP contribution in [0.1, 0.15) is 12.1 Å². The van der Waals surface area contributed by atoms with Crippen molar-refractivity contribution in [2.45, 2.75) is 24.7 Å². The maximum atomic E-state index is 12.6. The highest BCUT2D eigenvalue weighted by Gasteiger charge is 2.36. The summed E-state index contributed by atoms with van der Waals surface area (Å²) in [6, 6.07) is 3.50. The van der Waals surface area contributed by atoms with E-state index in [1.54, 1.807) is 12.0 Å². The summed E-state index contributed by atoms with van der Waals surface area (Å²) in [5, 5.41) is 9.29. The second-order valence-electron chi connectivity index (χ2n) is 4.46. The minimum Gasteiger partial charge on any atom is -0.394 e. The minimum absolute atomic E-state index is 0.103. The molecule has 1 N–H and O–H groups in total. The van der Waals surface area contributed by atoms with Crippen molar-refractivity contribution in [3.05, 3.63) is 23.9 Å². The second kappa shape index (κ2) is 5.34. The Kier molecular flexibility index (Phi) is 3.96. The van der Waals surface area contributed by atoms with Crippen LogP contribution in [0.4, 0.5) is 19.0 Å². The number of aliphatic hydroxyl groups excluding tert-OH is 1. The molecule has 1 aliphatic heterocycles. The molecule has 0 spiro atoms. The van der Waals surface area contributed by atoms with E-state index < -0.39 is 11.9 Å². The number of hydrogen-bond donors (Lipinski definition) is 1. The van der Waals surface area contributed by atoms with Crippen LogP contribution in [0.25, 0.3) is 0 Å². The lowest BCUT2D eigenvalue weighted by Crippen LogP contribution is -2.33. The van der Waals surface area contributed by atoms with Crippen molar-refractivity contribution in [3.8, 4) is 0 Å². The van der Waals surface area contributed by atoms with E-state index in [1.807, 2.05) is 0 Å². The van der Waals surface area contributed by atoms with Gasteiger partial charge in [0.2, 0.25) is 0 Å². The second-order valence-corrected chi connectivity index (χ2v) is 4.46. The number of halogens is 3. The van der Waals surface area contributed by atoms with E-state index in [1.165, 1.54) is 12.1 Å². The molecule has 0 amide bonds. The van der Waals surface area contributed by atoms with Gasteiger partial charge in [0.25, 0.3) is 0 Å². The molecule has 19 heavy (non-hydrogen) atoms. The summed E-state index contributed by atoms with van der Waals surface area (Å²) >= 11 is 0. The van der Waals surface area contributed by atoms with Gasteiger partial charge in [0.15, 0.2) is 0 Å². The maximum Gasteiger partial charge on any atom is 0.433 e. The fraction of sp³-hybridized carbons (Fsp3) is 0.583. The number of alkyl halides is 3. The van der Waals surface area contributed by atoms with Crippen LogP contribution < -0.4 is 4.90 Å². The summed E-state index contributed by atoms with van der Waals surface area (Å²) in [7, 11) is 1.54. The van der Waals surface area contributed by atoms with Crippen molar-refractivity contribution in [1.82, 2.24) is 4.98 Å². The van der Waals surface area contributed by atoms with Crippen LogP contribution in [0, 0.1) is 0 Å². The van der Waals surface area contributed by atoms with E-state index >= 15 is 0 Å². The number of rotatable bonds is 3. The molecular formula is C12H15F3N2O2. The molecule has 0 bridgehead atoms. The lowest BCUT2D eigenvalue weighted by Gasteiger charge is -2.24. The molecule has 1 aromatic heterocycles. The quantitative estimate of drug-likeness (QED) is 0.912. The normalized spacial score (nSPS) is 23.9. The third kappa shape index (κ3) is 2.98. The largest absolute Gasteiger partial charge is 0.433 e. The first-order valence-electron chi connectivity index (χ1n) is 5.90. The highest BCUT2D eigenvalue weighted by Crippen LogP contribution is 2.31. The van der Waals surface area contributed by atoms with Gasteiger partial charge in [-0.2, -0.15) is 13.2 Å². The lowest BCUT2D eigenvalue weighted by atomic mass is 10.2. The zero-order chi connectivity index (χ0) is 14.0. The Morgan fingerprint density at radius 3 is 2.79 bits per heavy atom. The Labute approximate surface area is 108 Å². The van der Waals surface area contributed by atoms with Gasteiger partial charge in [-0.1, -0.05) is 6.07 Å². The Bertz CT molecular complexity index is 439. The molecule has 1 saturated heterocycles. The molecule has 0 unspecified atom stereocenters. The lowest BCUT2D eigenvalue weighted by molar-refractivity contribution is -0.141. The average Bonchev–Trinajstić information content (AvgIpc) is 2.81. The highest BCUT2D eigenvalue weighted by molar-refractivity contribution is 5.43. The zero-order valence-corrected chi connectivity index (χ0v) is 10.4. The van der Waals surface area contributed by atoms with E-state index in [9.17, 15) is 18.3 Å². The zero-order valence-electron chi connectivity index (χ0n) is 10.4. The summed E-state index contributed by atoms with van der Waals surface area (Å²) in [5.41, 5.74) is -0.928. The van der Waals surface area contributed by atoms with Crippen molar-refractivity contribution >= 4 is 5.82 Å². The van der Waals surface area contributed by atoms with Gasteiger partial charge >= 0.3 is 6.18 Å². The minimum atomic E-state index is -4.47.